The van der Waals surface area contributed by atoms with Crippen molar-refractivity contribution in [2.24, 2.45) is 0 Å². The number of nitrogens with two attached hydrogens (primary N) is 1. The van der Waals surface area contributed by atoms with Crippen LogP contribution in [0.3, 0.4) is 0 Å². The standard InChI is InChI=1S/C9H8ClN3O2S2/c10-8-2-1-7(4-12-8)13-17(14,15)9-3-6(11)5-16-9/h1-5,13H,11H2. The number of nitrogens with one attached hydrogen (secondary N) is 1. The summed E-state index contributed by atoms with van der Waals surface area (Å²) in [5.41, 5.74) is 6.25. The Labute approximate surface area is 107 Å². The minimum atomic E-state index is -3.60. The molecule has 0 radical (unpaired) electrons. The third-order valence-electron chi connectivity index (χ3n) is 1.84. The average molecular weight is 290 g/mol. The summed E-state index contributed by atoms with van der Waals surface area (Å²) < 4.78 is 26.3. The van der Waals surface area contributed by atoms with Crippen LogP contribution < -0.4 is 10.5 Å². The van der Waals surface area contributed by atoms with Crippen LogP contribution in [0.15, 0.2) is 34.0 Å². The second-order valence-corrected chi connectivity index (χ2v) is 6.38. The van der Waals surface area contributed by atoms with Gasteiger partial charge in [0, 0.05) is 11.1 Å². The van der Waals surface area contributed by atoms with Crippen molar-refractivity contribution in [3.63, 3.8) is 0 Å². The Morgan fingerprint density at radius 2 is 2.18 bits per heavy atom. The molecule has 3 N–H and O–H groups in total. The van der Waals surface area contributed by atoms with Crippen LogP contribution in [0.4, 0.5) is 11.4 Å². The molecule has 17 heavy (non-hydrogen) atoms. The quantitative estimate of drug-likeness (QED) is 0.848. The van der Waals surface area contributed by atoms with Gasteiger partial charge in [-0.2, -0.15) is 0 Å². The first-order valence-corrected chi connectivity index (χ1v) is 7.20. The van der Waals surface area contributed by atoms with Gasteiger partial charge in [0.1, 0.15) is 9.36 Å². The number of aromatic nitrogens is 1. The number of hydrogen-bond donors (Lipinski definition) is 2. The van der Waals surface area contributed by atoms with E-state index in [1.807, 2.05) is 0 Å². The lowest BCUT2D eigenvalue weighted by atomic mass is 10.4. The summed E-state index contributed by atoms with van der Waals surface area (Å²) >= 11 is 6.66. The van der Waals surface area contributed by atoms with Crippen molar-refractivity contribution in [2.45, 2.75) is 4.21 Å². The van der Waals surface area contributed by atoms with Crippen molar-refractivity contribution in [2.75, 3.05) is 10.5 Å². The van der Waals surface area contributed by atoms with Gasteiger partial charge in [-0.3, -0.25) is 4.72 Å². The lowest BCUT2D eigenvalue weighted by molar-refractivity contribution is 0.603. The molecule has 0 saturated carbocycles. The number of halogens is 1. The van der Waals surface area contributed by atoms with Crippen LogP contribution in [0, 0.1) is 0 Å². The Morgan fingerprint density at radius 1 is 1.41 bits per heavy atom. The molecule has 5 nitrogen and oxygen atoms in total. The molecule has 2 aromatic rings. The zero-order valence-corrected chi connectivity index (χ0v) is 10.8. The van der Waals surface area contributed by atoms with E-state index in [4.69, 9.17) is 17.3 Å². The van der Waals surface area contributed by atoms with Crippen LogP contribution in [-0.2, 0) is 10.0 Å². The Bertz CT molecular complexity index is 622. The van der Waals surface area contributed by atoms with E-state index in [0.29, 0.717) is 16.5 Å². The molecule has 90 valence electrons. The van der Waals surface area contributed by atoms with Gasteiger partial charge < -0.3 is 5.73 Å². The maximum absolute atomic E-state index is 11.9. The summed E-state index contributed by atoms with van der Waals surface area (Å²) in [7, 11) is -3.60. The van der Waals surface area contributed by atoms with Gasteiger partial charge in [0.2, 0.25) is 0 Å². The van der Waals surface area contributed by atoms with Crippen molar-refractivity contribution in [1.29, 1.82) is 0 Å². The van der Waals surface area contributed by atoms with Crippen LogP contribution in [0.5, 0.6) is 0 Å². The van der Waals surface area contributed by atoms with Crippen molar-refractivity contribution in [3.05, 3.63) is 34.9 Å². The number of pyridine rings is 1. The van der Waals surface area contributed by atoms with Crippen LogP contribution >= 0.6 is 22.9 Å². The van der Waals surface area contributed by atoms with E-state index in [9.17, 15) is 8.42 Å². The fraction of sp³-hybridized carbons (Fsp3) is 0. The van der Waals surface area contributed by atoms with E-state index >= 15 is 0 Å². The van der Waals surface area contributed by atoms with Crippen molar-refractivity contribution < 1.29 is 8.42 Å². The molecule has 0 unspecified atom stereocenters. The zero-order valence-electron chi connectivity index (χ0n) is 8.42. The summed E-state index contributed by atoms with van der Waals surface area (Å²) in [6, 6.07) is 4.43. The highest BCUT2D eigenvalue weighted by Crippen LogP contribution is 2.24. The molecule has 2 aromatic heterocycles. The number of nitrogens with zero attached hydrogens (tertiary/aromatic N) is 1. The van der Waals surface area contributed by atoms with Crippen LogP contribution in [0.1, 0.15) is 0 Å². The van der Waals surface area contributed by atoms with Gasteiger partial charge in [0.05, 0.1) is 11.9 Å². The van der Waals surface area contributed by atoms with E-state index in [2.05, 4.69) is 9.71 Å². The van der Waals surface area contributed by atoms with Gasteiger partial charge in [-0.25, -0.2) is 13.4 Å². The summed E-state index contributed by atoms with van der Waals surface area (Å²) in [4.78, 5) is 3.78. The molecule has 0 aliphatic heterocycles. The predicted octanol–water partition coefficient (Wildman–Crippen LogP) is 2.18. The monoisotopic (exact) mass is 289 g/mol. The largest absolute Gasteiger partial charge is 0.398 e. The highest BCUT2D eigenvalue weighted by Gasteiger charge is 2.16. The zero-order chi connectivity index (χ0) is 12.5. The minimum Gasteiger partial charge on any atom is -0.398 e. The molecule has 2 rings (SSSR count). The molecule has 0 saturated heterocycles. The third kappa shape index (κ3) is 2.87. The summed E-state index contributed by atoms with van der Waals surface area (Å²) in [6.07, 6.45) is 1.34. The topological polar surface area (TPSA) is 85.1 Å². The van der Waals surface area contributed by atoms with Gasteiger partial charge in [-0.05, 0) is 18.2 Å². The Morgan fingerprint density at radius 3 is 2.71 bits per heavy atom. The van der Waals surface area contributed by atoms with Crippen LogP contribution in [0.25, 0.3) is 0 Å². The maximum Gasteiger partial charge on any atom is 0.271 e. The van der Waals surface area contributed by atoms with E-state index in [1.54, 1.807) is 5.38 Å². The first-order valence-electron chi connectivity index (χ1n) is 4.46. The number of rotatable bonds is 3. The predicted molar refractivity (Wildman–Crippen MR) is 68.8 cm³/mol. The Hall–Kier alpha value is -1.31. The Kier molecular flexibility index (Phi) is 3.23. The maximum atomic E-state index is 11.9. The lowest BCUT2D eigenvalue weighted by Gasteiger charge is -2.05. The molecule has 0 amide bonds. The van der Waals surface area contributed by atoms with Crippen molar-refractivity contribution >= 4 is 44.3 Å². The second kappa shape index (κ2) is 4.52. The molecule has 0 aliphatic rings. The number of nitrogen functional groups attached to an aromatic ring is 1. The van der Waals surface area contributed by atoms with Gasteiger partial charge in [0.25, 0.3) is 10.0 Å². The molecule has 8 heteroatoms. The number of hydrogen-bond acceptors (Lipinski definition) is 5. The first kappa shape index (κ1) is 12.2. The van der Waals surface area contributed by atoms with E-state index < -0.39 is 10.0 Å². The minimum absolute atomic E-state index is 0.157. The summed E-state index contributed by atoms with van der Waals surface area (Å²) in [5, 5.41) is 1.86. The highest BCUT2D eigenvalue weighted by molar-refractivity contribution is 7.94. The molecule has 0 aromatic carbocycles. The molecule has 0 atom stereocenters. The van der Waals surface area contributed by atoms with Gasteiger partial charge >= 0.3 is 0 Å². The third-order valence-corrected chi connectivity index (χ3v) is 4.90. The molecule has 0 fully saturated rings. The smallest absolute Gasteiger partial charge is 0.271 e. The SMILES string of the molecule is Nc1csc(S(=O)(=O)Nc2ccc(Cl)nc2)c1. The number of anilines is 2. The van der Waals surface area contributed by atoms with Crippen LogP contribution in [0.2, 0.25) is 5.15 Å². The van der Waals surface area contributed by atoms with E-state index in [1.165, 1.54) is 24.4 Å². The molecule has 0 bridgehead atoms. The molecule has 2 heterocycles. The normalized spacial score (nSPS) is 11.4. The van der Waals surface area contributed by atoms with Crippen molar-refractivity contribution in [3.8, 4) is 0 Å². The Balaban J connectivity index is 2.26. The highest BCUT2D eigenvalue weighted by atomic mass is 35.5. The fourth-order valence-electron chi connectivity index (χ4n) is 1.11. The second-order valence-electron chi connectivity index (χ2n) is 3.17. The summed E-state index contributed by atoms with van der Waals surface area (Å²) in [5.74, 6) is 0. The molecule has 0 aliphatic carbocycles. The molecular weight excluding hydrogens is 282 g/mol. The van der Waals surface area contributed by atoms with Crippen LogP contribution in [-0.4, -0.2) is 13.4 Å². The molecular formula is C9H8ClN3O2S2. The van der Waals surface area contributed by atoms with E-state index in [0.717, 1.165) is 11.3 Å². The lowest BCUT2D eigenvalue weighted by Crippen LogP contribution is -2.11. The number of thiophene rings is 1. The van der Waals surface area contributed by atoms with Crippen molar-refractivity contribution in [1.82, 2.24) is 4.98 Å². The van der Waals surface area contributed by atoms with Gasteiger partial charge in [-0.1, -0.05) is 11.6 Å². The van der Waals surface area contributed by atoms with Gasteiger partial charge in [-0.15, -0.1) is 11.3 Å². The first-order chi connectivity index (χ1) is 7.97. The fourth-order valence-corrected chi connectivity index (χ4v) is 3.35. The average Bonchev–Trinajstić information content (AvgIpc) is 2.69. The van der Waals surface area contributed by atoms with Gasteiger partial charge in [0.15, 0.2) is 0 Å². The number of sulfonamides is 1. The van der Waals surface area contributed by atoms with E-state index in [-0.39, 0.29) is 4.21 Å². The summed E-state index contributed by atoms with van der Waals surface area (Å²) in [6.45, 7) is 0. The molecule has 0 spiro atoms.